The molecule has 3 nitrogen and oxygen atoms in total. The van der Waals surface area contributed by atoms with Gasteiger partial charge in [-0.2, -0.15) is 8.42 Å². The van der Waals surface area contributed by atoms with Crippen molar-refractivity contribution in [3.63, 3.8) is 0 Å². The quantitative estimate of drug-likeness (QED) is 0.430. The highest BCUT2D eigenvalue weighted by molar-refractivity contribution is 7.88. The molecule has 0 rings (SSSR count). The summed E-state index contributed by atoms with van der Waals surface area (Å²) in [5.74, 6) is 4.76. The predicted molar refractivity (Wildman–Crippen MR) is 34.1 cm³/mol. The zero-order valence-corrected chi connectivity index (χ0v) is 5.64. The van der Waals surface area contributed by atoms with Gasteiger partial charge in [0, 0.05) is 6.08 Å². The Labute approximate surface area is 54.1 Å². The third-order valence-electron chi connectivity index (χ3n) is 0.468. The van der Waals surface area contributed by atoms with Crippen LogP contribution >= 0.6 is 0 Å². The Balaban J connectivity index is 4.15. The first kappa shape index (κ1) is 8.21. The maximum atomic E-state index is 9.91. The van der Waals surface area contributed by atoms with Gasteiger partial charge in [0.1, 0.15) is 0 Å². The average molecular weight is 146 g/mol. The summed E-state index contributed by atoms with van der Waals surface area (Å²) in [7, 11) is -3.98. The molecule has 0 aliphatic heterocycles. The molecule has 9 heavy (non-hydrogen) atoms. The van der Waals surface area contributed by atoms with E-state index >= 15 is 0 Å². The number of hydrogen-bond acceptors (Lipinski definition) is 2. The number of rotatable bonds is 1. The highest BCUT2D eigenvalue weighted by Gasteiger charge is 1.91. The smallest absolute Gasteiger partial charge is 0.282 e. The van der Waals surface area contributed by atoms with Crippen LogP contribution < -0.4 is 0 Å². The van der Waals surface area contributed by atoms with Gasteiger partial charge in [-0.1, -0.05) is 5.92 Å². The standard InChI is InChI=1S/C5H6O3S/c1-2-3-4-5-9(6,7)8/h4-5H,1H3,(H,6,7,8). The summed E-state index contributed by atoms with van der Waals surface area (Å²) in [4.78, 5) is 0. The fraction of sp³-hybridized carbons (Fsp3) is 0.200. The lowest BCUT2D eigenvalue weighted by molar-refractivity contribution is 0.494. The van der Waals surface area contributed by atoms with Crippen molar-refractivity contribution in [3.8, 4) is 11.8 Å². The molecule has 0 atom stereocenters. The van der Waals surface area contributed by atoms with Crippen molar-refractivity contribution in [2.24, 2.45) is 0 Å². The lowest BCUT2D eigenvalue weighted by Crippen LogP contribution is -1.87. The van der Waals surface area contributed by atoms with Gasteiger partial charge in [0.15, 0.2) is 0 Å². The Morgan fingerprint density at radius 2 is 2.11 bits per heavy atom. The Kier molecular flexibility index (Phi) is 2.99. The van der Waals surface area contributed by atoms with Crippen LogP contribution in [0.5, 0.6) is 0 Å². The molecule has 0 saturated heterocycles. The summed E-state index contributed by atoms with van der Waals surface area (Å²) >= 11 is 0. The lowest BCUT2D eigenvalue weighted by atomic mass is 10.6. The van der Waals surface area contributed by atoms with Crippen LogP contribution in [0, 0.1) is 11.8 Å². The van der Waals surface area contributed by atoms with Gasteiger partial charge in [-0.3, -0.25) is 4.55 Å². The van der Waals surface area contributed by atoms with Crippen molar-refractivity contribution in [2.45, 2.75) is 6.92 Å². The first-order valence-electron chi connectivity index (χ1n) is 2.12. The fourth-order valence-electron chi connectivity index (χ4n) is 0.203. The molecule has 0 unspecified atom stereocenters. The molecular formula is C5H6O3S. The molecule has 0 saturated carbocycles. The zero-order chi connectivity index (χ0) is 7.33. The van der Waals surface area contributed by atoms with Crippen molar-refractivity contribution in [1.29, 1.82) is 0 Å². The Bertz CT molecular complexity index is 250. The van der Waals surface area contributed by atoms with Crippen LogP contribution in [0.2, 0.25) is 0 Å². The van der Waals surface area contributed by atoms with E-state index in [-0.39, 0.29) is 0 Å². The first-order chi connectivity index (χ1) is 4.06. The van der Waals surface area contributed by atoms with Gasteiger partial charge in [-0.05, 0) is 6.92 Å². The summed E-state index contributed by atoms with van der Waals surface area (Å²) in [6.45, 7) is 1.56. The summed E-state index contributed by atoms with van der Waals surface area (Å²) in [5, 5.41) is 0.628. The topological polar surface area (TPSA) is 54.4 Å². The second-order valence-corrected chi connectivity index (χ2v) is 2.51. The van der Waals surface area contributed by atoms with Gasteiger partial charge in [0.2, 0.25) is 0 Å². The number of allylic oxidation sites excluding steroid dienone is 1. The first-order valence-corrected chi connectivity index (χ1v) is 3.63. The van der Waals surface area contributed by atoms with Crippen LogP contribution in [0.15, 0.2) is 11.5 Å². The molecule has 0 heterocycles. The minimum absolute atomic E-state index is 0.628. The lowest BCUT2D eigenvalue weighted by Gasteiger charge is -1.76. The Morgan fingerprint density at radius 3 is 2.44 bits per heavy atom. The third-order valence-corrected chi connectivity index (χ3v) is 0.948. The minimum Gasteiger partial charge on any atom is -0.282 e. The van der Waals surface area contributed by atoms with Crippen molar-refractivity contribution in [2.75, 3.05) is 0 Å². The SMILES string of the molecule is CC#CC=CS(=O)(=O)O. The van der Waals surface area contributed by atoms with Crippen molar-refractivity contribution in [1.82, 2.24) is 0 Å². The molecule has 1 N–H and O–H groups in total. The van der Waals surface area contributed by atoms with Crippen LogP contribution in [0.4, 0.5) is 0 Å². The molecule has 4 heteroatoms. The molecule has 0 aromatic heterocycles. The highest BCUT2D eigenvalue weighted by atomic mass is 32.2. The van der Waals surface area contributed by atoms with Gasteiger partial charge >= 0.3 is 0 Å². The summed E-state index contributed by atoms with van der Waals surface area (Å²) < 4.78 is 27.9. The van der Waals surface area contributed by atoms with Crippen molar-refractivity contribution < 1.29 is 13.0 Å². The van der Waals surface area contributed by atoms with Crippen LogP contribution in [-0.4, -0.2) is 13.0 Å². The molecule has 0 aliphatic carbocycles. The van der Waals surface area contributed by atoms with Crippen molar-refractivity contribution in [3.05, 3.63) is 11.5 Å². The Morgan fingerprint density at radius 1 is 1.56 bits per heavy atom. The third kappa shape index (κ3) is 7.21. The van der Waals surface area contributed by atoms with Gasteiger partial charge in [-0.15, -0.1) is 5.92 Å². The molecule has 0 aromatic rings. The normalized spacial score (nSPS) is 10.9. The molecule has 0 radical (unpaired) electrons. The van der Waals surface area contributed by atoms with E-state index in [1.54, 1.807) is 6.92 Å². The van der Waals surface area contributed by atoms with Crippen molar-refractivity contribution >= 4 is 10.1 Å². The molecule has 0 aromatic carbocycles. The van der Waals surface area contributed by atoms with E-state index in [0.717, 1.165) is 6.08 Å². The summed E-state index contributed by atoms with van der Waals surface area (Å²) in [5.41, 5.74) is 0. The van der Waals surface area contributed by atoms with E-state index in [2.05, 4.69) is 11.8 Å². The molecule has 0 bridgehead atoms. The van der Waals surface area contributed by atoms with E-state index in [9.17, 15) is 8.42 Å². The van der Waals surface area contributed by atoms with Gasteiger partial charge in [0.25, 0.3) is 10.1 Å². The van der Waals surface area contributed by atoms with Gasteiger partial charge in [-0.25, -0.2) is 0 Å². The van der Waals surface area contributed by atoms with Gasteiger partial charge < -0.3 is 0 Å². The molecule has 0 spiro atoms. The van der Waals surface area contributed by atoms with E-state index in [4.69, 9.17) is 4.55 Å². The second kappa shape index (κ2) is 3.28. The van der Waals surface area contributed by atoms with Crippen LogP contribution in [0.1, 0.15) is 6.92 Å². The van der Waals surface area contributed by atoms with Crippen LogP contribution in [0.25, 0.3) is 0 Å². The summed E-state index contributed by atoms with van der Waals surface area (Å²) in [6.07, 6.45) is 1.06. The maximum Gasteiger partial charge on any atom is 0.288 e. The van der Waals surface area contributed by atoms with E-state index < -0.39 is 10.1 Å². The molecular weight excluding hydrogens is 140 g/mol. The molecule has 50 valence electrons. The molecule has 0 fully saturated rings. The minimum atomic E-state index is -3.98. The van der Waals surface area contributed by atoms with E-state index in [1.165, 1.54) is 0 Å². The van der Waals surface area contributed by atoms with E-state index in [0.29, 0.717) is 5.41 Å². The number of hydrogen-bond donors (Lipinski definition) is 1. The van der Waals surface area contributed by atoms with Gasteiger partial charge in [0.05, 0.1) is 5.41 Å². The Hall–Kier alpha value is -0.790. The summed E-state index contributed by atoms with van der Waals surface area (Å²) in [6, 6.07) is 0. The maximum absolute atomic E-state index is 9.91. The monoisotopic (exact) mass is 146 g/mol. The highest BCUT2D eigenvalue weighted by Crippen LogP contribution is 1.81. The largest absolute Gasteiger partial charge is 0.288 e. The zero-order valence-electron chi connectivity index (χ0n) is 4.83. The van der Waals surface area contributed by atoms with Crippen LogP contribution in [-0.2, 0) is 10.1 Å². The van der Waals surface area contributed by atoms with Crippen LogP contribution in [0.3, 0.4) is 0 Å². The average Bonchev–Trinajstić information content (AvgIpc) is 1.63. The second-order valence-electron chi connectivity index (χ2n) is 1.21. The fourth-order valence-corrected chi connectivity index (χ4v) is 0.443. The predicted octanol–water partition coefficient (Wildman–Crippen LogP) is 0.411. The van der Waals surface area contributed by atoms with E-state index in [1.807, 2.05) is 0 Å². The molecule has 0 aliphatic rings. The molecule has 0 amide bonds.